The molecule has 1 N–H and O–H groups in total. The number of allylic oxidation sites excluding steroid dienone is 6. The lowest BCUT2D eigenvalue weighted by Crippen LogP contribution is -2.33. The minimum Gasteiger partial charge on any atom is -0.369 e. The van der Waals surface area contributed by atoms with E-state index in [2.05, 4.69) is 74.7 Å². The molecular weight excluding hydrogens is 310 g/mol. The number of benzene rings is 1. The molecule has 0 heterocycles. The summed E-state index contributed by atoms with van der Waals surface area (Å²) in [5.41, 5.74) is 3.85. The van der Waals surface area contributed by atoms with E-state index in [1.807, 2.05) is 30.4 Å². The molecule has 2 heteroatoms. The molecular formula is C22H25NS. The van der Waals surface area contributed by atoms with Crippen LogP contribution in [0.5, 0.6) is 0 Å². The van der Waals surface area contributed by atoms with Gasteiger partial charge in [-0.25, -0.2) is 0 Å². The van der Waals surface area contributed by atoms with Gasteiger partial charge in [-0.2, -0.15) is 0 Å². The Balaban J connectivity index is 1.80. The maximum absolute atomic E-state index is 5.43. The molecule has 0 saturated carbocycles. The van der Waals surface area contributed by atoms with E-state index >= 15 is 0 Å². The predicted molar refractivity (Wildman–Crippen MR) is 110 cm³/mol. The second kappa shape index (κ2) is 9.19. The summed E-state index contributed by atoms with van der Waals surface area (Å²) in [4.78, 5) is 0.867. The average molecular weight is 336 g/mol. The zero-order valence-electron chi connectivity index (χ0n) is 14.6. The third kappa shape index (κ3) is 5.78. The summed E-state index contributed by atoms with van der Waals surface area (Å²) in [7, 11) is 0. The van der Waals surface area contributed by atoms with Crippen molar-refractivity contribution >= 4 is 23.3 Å². The highest BCUT2D eigenvalue weighted by molar-refractivity contribution is 7.80. The lowest BCUT2D eigenvalue weighted by Gasteiger charge is -2.14. The monoisotopic (exact) mass is 335 g/mol. The van der Waals surface area contributed by atoms with Crippen molar-refractivity contribution in [1.82, 2.24) is 5.32 Å². The van der Waals surface area contributed by atoms with E-state index in [1.165, 1.54) is 16.7 Å². The van der Waals surface area contributed by atoms with Crippen molar-refractivity contribution in [3.63, 3.8) is 0 Å². The fourth-order valence-corrected chi connectivity index (χ4v) is 2.66. The molecule has 1 aliphatic rings. The number of hydrogen-bond donors (Lipinski definition) is 1. The summed E-state index contributed by atoms with van der Waals surface area (Å²) >= 11 is 5.43. The van der Waals surface area contributed by atoms with Gasteiger partial charge in [0.25, 0.3) is 0 Å². The lowest BCUT2D eigenvalue weighted by atomic mass is 10.1. The van der Waals surface area contributed by atoms with E-state index in [9.17, 15) is 0 Å². The maximum atomic E-state index is 5.43. The van der Waals surface area contributed by atoms with Gasteiger partial charge in [-0.1, -0.05) is 104 Å². The summed E-state index contributed by atoms with van der Waals surface area (Å²) in [6, 6.07) is 6.74. The number of aryl methyl sites for hydroxylation is 2. The van der Waals surface area contributed by atoms with E-state index in [1.54, 1.807) is 0 Å². The largest absolute Gasteiger partial charge is 0.369 e. The maximum Gasteiger partial charge on any atom is 0.0827 e. The van der Waals surface area contributed by atoms with Gasteiger partial charge < -0.3 is 5.32 Å². The second-order valence-electron chi connectivity index (χ2n) is 6.08. The molecule has 1 unspecified atom stereocenters. The van der Waals surface area contributed by atoms with E-state index in [0.717, 1.165) is 4.99 Å². The van der Waals surface area contributed by atoms with Crippen molar-refractivity contribution in [1.29, 1.82) is 0 Å². The van der Waals surface area contributed by atoms with Crippen molar-refractivity contribution in [2.75, 3.05) is 0 Å². The van der Waals surface area contributed by atoms with Crippen LogP contribution >= 0.6 is 12.2 Å². The molecule has 0 spiro atoms. The van der Waals surface area contributed by atoms with Crippen molar-refractivity contribution < 1.29 is 0 Å². The third-order valence-corrected chi connectivity index (χ3v) is 4.39. The summed E-state index contributed by atoms with van der Waals surface area (Å²) in [6.45, 7) is 6.36. The summed E-state index contributed by atoms with van der Waals surface area (Å²) < 4.78 is 0. The molecule has 124 valence electrons. The van der Waals surface area contributed by atoms with Gasteiger partial charge in [0.1, 0.15) is 0 Å². The van der Waals surface area contributed by atoms with Crippen LogP contribution in [-0.4, -0.2) is 11.0 Å². The van der Waals surface area contributed by atoms with Crippen molar-refractivity contribution in [2.45, 2.75) is 26.8 Å². The Kier molecular flexibility index (Phi) is 6.95. The zero-order valence-corrected chi connectivity index (χ0v) is 15.4. The Morgan fingerprint density at radius 3 is 2.50 bits per heavy atom. The summed E-state index contributed by atoms with van der Waals surface area (Å²) in [6.07, 6.45) is 20.7. The van der Waals surface area contributed by atoms with Gasteiger partial charge in [0.15, 0.2) is 0 Å². The molecule has 1 aromatic carbocycles. The van der Waals surface area contributed by atoms with Crippen LogP contribution in [0.4, 0.5) is 0 Å². The van der Waals surface area contributed by atoms with Crippen LogP contribution in [0.25, 0.3) is 6.08 Å². The first-order chi connectivity index (χ1) is 11.6. The topological polar surface area (TPSA) is 12.0 Å². The van der Waals surface area contributed by atoms with E-state index in [4.69, 9.17) is 12.2 Å². The average Bonchev–Trinajstić information content (AvgIpc) is 3.05. The Labute approximate surface area is 151 Å². The minimum absolute atomic E-state index is 0.218. The normalized spacial score (nSPS) is 16.0. The Bertz CT molecular complexity index is 707. The number of rotatable bonds is 6. The van der Waals surface area contributed by atoms with Gasteiger partial charge in [0.05, 0.1) is 11.0 Å². The number of hydrogen-bond acceptors (Lipinski definition) is 1. The Hall–Kier alpha value is -2.19. The molecule has 0 amide bonds. The summed E-state index contributed by atoms with van der Waals surface area (Å²) in [5, 5.41) is 3.33. The van der Waals surface area contributed by atoms with E-state index < -0.39 is 0 Å². The van der Waals surface area contributed by atoms with Gasteiger partial charge in [-0.05, 0) is 25.0 Å². The molecule has 0 aromatic heterocycles. The van der Waals surface area contributed by atoms with Gasteiger partial charge >= 0.3 is 0 Å². The molecule has 1 nitrogen and oxygen atoms in total. The smallest absolute Gasteiger partial charge is 0.0827 e. The molecule has 24 heavy (non-hydrogen) atoms. The third-order valence-electron chi connectivity index (χ3n) is 3.90. The summed E-state index contributed by atoms with van der Waals surface area (Å²) in [5.74, 6) is 0.218. The van der Waals surface area contributed by atoms with Crippen LogP contribution in [0.2, 0.25) is 0 Å². The molecule has 1 aliphatic carbocycles. The van der Waals surface area contributed by atoms with Crippen LogP contribution < -0.4 is 5.32 Å². The predicted octanol–water partition coefficient (Wildman–Crippen LogP) is 5.48. The fraction of sp³-hybridized carbons (Fsp3) is 0.227. The van der Waals surface area contributed by atoms with Crippen LogP contribution in [0, 0.1) is 19.8 Å². The molecule has 0 fully saturated rings. The molecule has 0 radical (unpaired) electrons. The highest BCUT2D eigenvalue weighted by Gasteiger charge is 2.09. The van der Waals surface area contributed by atoms with Crippen molar-refractivity contribution in [3.8, 4) is 0 Å². The van der Waals surface area contributed by atoms with Gasteiger partial charge in [-0.3, -0.25) is 0 Å². The van der Waals surface area contributed by atoms with E-state index in [-0.39, 0.29) is 12.0 Å². The number of thiocarbonyl (C=S) groups is 1. The van der Waals surface area contributed by atoms with Crippen LogP contribution in [0.3, 0.4) is 0 Å². The highest BCUT2D eigenvalue weighted by atomic mass is 32.1. The van der Waals surface area contributed by atoms with Crippen LogP contribution in [0.15, 0.2) is 72.9 Å². The lowest BCUT2D eigenvalue weighted by molar-refractivity contribution is 0.843. The standard InChI is InChI=1S/C22H25NS/c1-17-14-15-20(19(3)16-17)11-7-5-4-6-10-18(2)22(24)23-21-12-8-9-13-21/h4-16,18,21H,1-3H3,(H,23,24)/b5-4-,10-6+,11-7-. The Morgan fingerprint density at radius 2 is 1.79 bits per heavy atom. The molecule has 0 bridgehead atoms. The first kappa shape index (κ1) is 18.2. The van der Waals surface area contributed by atoms with Crippen molar-refractivity contribution in [2.24, 2.45) is 5.92 Å². The molecule has 1 aromatic rings. The molecule has 0 aliphatic heterocycles. The Morgan fingerprint density at radius 1 is 1.08 bits per heavy atom. The first-order valence-electron chi connectivity index (χ1n) is 8.30. The van der Waals surface area contributed by atoms with Gasteiger partial charge in [0.2, 0.25) is 0 Å². The van der Waals surface area contributed by atoms with Crippen LogP contribution in [0.1, 0.15) is 23.6 Å². The van der Waals surface area contributed by atoms with Crippen LogP contribution in [-0.2, 0) is 0 Å². The SMILES string of the molecule is Cc1ccc(\C=C/C=C\C=C\C(C)C(=S)NC2C=CC=C2)c(C)c1. The fourth-order valence-electron chi connectivity index (χ4n) is 2.44. The first-order valence-corrected chi connectivity index (χ1v) is 8.71. The minimum atomic E-state index is 0.218. The molecule has 1 atom stereocenters. The number of nitrogens with one attached hydrogen (secondary N) is 1. The molecule has 2 rings (SSSR count). The molecule has 0 saturated heterocycles. The highest BCUT2D eigenvalue weighted by Crippen LogP contribution is 2.12. The van der Waals surface area contributed by atoms with Crippen molar-refractivity contribution in [3.05, 3.63) is 89.6 Å². The quantitative estimate of drug-likeness (QED) is 0.546. The van der Waals surface area contributed by atoms with Gasteiger partial charge in [-0.15, -0.1) is 0 Å². The van der Waals surface area contributed by atoms with E-state index in [0.29, 0.717) is 0 Å². The van der Waals surface area contributed by atoms with Gasteiger partial charge in [0, 0.05) is 5.92 Å². The second-order valence-corrected chi connectivity index (χ2v) is 6.52. The zero-order chi connectivity index (χ0) is 17.4.